The monoisotopic (exact) mass is 374 g/mol. The zero-order valence-corrected chi connectivity index (χ0v) is 13.8. The maximum Gasteiger partial charge on any atom is 0.435 e. The Kier molecular flexibility index (Phi) is 4.73. The molecule has 1 aromatic carbocycles. The molecule has 0 radical (unpaired) electrons. The van der Waals surface area contributed by atoms with Gasteiger partial charge in [0.25, 0.3) is 0 Å². The summed E-state index contributed by atoms with van der Waals surface area (Å²) in [5, 5.41) is 3.67. The highest BCUT2D eigenvalue weighted by atomic mass is 35.5. The molecule has 1 heterocycles. The van der Waals surface area contributed by atoms with Crippen molar-refractivity contribution in [1.82, 2.24) is 9.78 Å². The van der Waals surface area contributed by atoms with Crippen molar-refractivity contribution in [3.8, 4) is 5.69 Å². The van der Waals surface area contributed by atoms with Gasteiger partial charge in [-0.05, 0) is 37.8 Å². The smallest absolute Gasteiger partial charge is 0.386 e. The predicted molar refractivity (Wildman–Crippen MR) is 87.2 cm³/mol. The first-order valence-corrected chi connectivity index (χ1v) is 8.21. The third-order valence-corrected chi connectivity index (χ3v) is 4.29. The van der Waals surface area contributed by atoms with E-state index in [0.29, 0.717) is 25.0 Å². The second-order valence-corrected chi connectivity index (χ2v) is 6.03. The van der Waals surface area contributed by atoms with Gasteiger partial charge < -0.3 is 5.73 Å². The Morgan fingerprint density at radius 2 is 2.00 bits per heavy atom. The Morgan fingerprint density at radius 3 is 2.64 bits per heavy atom. The minimum Gasteiger partial charge on any atom is -0.386 e. The van der Waals surface area contributed by atoms with E-state index in [0.717, 1.165) is 17.2 Å². The fourth-order valence-corrected chi connectivity index (χ4v) is 3.02. The molecule has 0 fully saturated rings. The van der Waals surface area contributed by atoms with E-state index < -0.39 is 17.7 Å². The fourth-order valence-electron chi connectivity index (χ4n) is 2.96. The van der Waals surface area contributed by atoms with E-state index in [1.807, 2.05) is 0 Å². The number of aliphatic imine (C=N–C) groups is 1. The van der Waals surface area contributed by atoms with Crippen LogP contribution < -0.4 is 5.73 Å². The van der Waals surface area contributed by atoms with E-state index >= 15 is 0 Å². The minimum absolute atomic E-state index is 0.00895. The SMILES string of the molecule is NC(CCl)=Nc1ccc(-n2nc(C(F)(F)F)c3c2CCCC3)c(F)c1. The Morgan fingerprint density at radius 1 is 1.28 bits per heavy atom. The van der Waals surface area contributed by atoms with Crippen molar-refractivity contribution in [3.63, 3.8) is 0 Å². The summed E-state index contributed by atoms with van der Waals surface area (Å²) in [6, 6.07) is 3.90. The van der Waals surface area contributed by atoms with Gasteiger partial charge in [-0.1, -0.05) is 0 Å². The topological polar surface area (TPSA) is 56.2 Å². The van der Waals surface area contributed by atoms with Crippen LogP contribution in [0.4, 0.5) is 23.2 Å². The molecule has 1 aromatic heterocycles. The lowest BCUT2D eigenvalue weighted by molar-refractivity contribution is -0.142. The number of amidine groups is 1. The van der Waals surface area contributed by atoms with Crippen LogP contribution in [0.25, 0.3) is 5.69 Å². The first kappa shape index (κ1) is 17.7. The normalized spacial score (nSPS) is 15.3. The van der Waals surface area contributed by atoms with Crippen LogP contribution in [0.15, 0.2) is 23.2 Å². The zero-order chi connectivity index (χ0) is 18.2. The van der Waals surface area contributed by atoms with Crippen LogP contribution in [-0.4, -0.2) is 21.5 Å². The van der Waals surface area contributed by atoms with Gasteiger partial charge in [0.05, 0.1) is 11.6 Å². The van der Waals surface area contributed by atoms with Gasteiger partial charge in [-0.15, -0.1) is 11.6 Å². The Labute approximate surface area is 146 Å². The predicted octanol–water partition coefficient (Wildman–Crippen LogP) is 4.14. The number of halogens is 5. The van der Waals surface area contributed by atoms with Crippen molar-refractivity contribution in [3.05, 3.63) is 41.0 Å². The summed E-state index contributed by atoms with van der Waals surface area (Å²) in [5.74, 6) is -0.622. The van der Waals surface area contributed by atoms with Crippen LogP contribution in [0.3, 0.4) is 0 Å². The summed E-state index contributed by atoms with van der Waals surface area (Å²) in [4.78, 5) is 3.92. The summed E-state index contributed by atoms with van der Waals surface area (Å²) in [6.45, 7) is 0. The molecule has 0 spiro atoms. The number of benzene rings is 1. The molecule has 134 valence electrons. The van der Waals surface area contributed by atoms with Crippen molar-refractivity contribution >= 4 is 23.1 Å². The molecule has 25 heavy (non-hydrogen) atoms. The van der Waals surface area contributed by atoms with E-state index in [1.54, 1.807) is 0 Å². The van der Waals surface area contributed by atoms with E-state index in [4.69, 9.17) is 17.3 Å². The number of nitrogens with two attached hydrogens (primary N) is 1. The fraction of sp³-hybridized carbons (Fsp3) is 0.375. The van der Waals surface area contributed by atoms with Crippen molar-refractivity contribution < 1.29 is 17.6 Å². The van der Waals surface area contributed by atoms with Gasteiger partial charge in [-0.25, -0.2) is 14.1 Å². The zero-order valence-electron chi connectivity index (χ0n) is 13.1. The number of aromatic nitrogens is 2. The lowest BCUT2D eigenvalue weighted by Crippen LogP contribution is -2.12. The molecule has 0 bridgehead atoms. The van der Waals surface area contributed by atoms with Crippen LogP contribution in [0, 0.1) is 5.82 Å². The summed E-state index contributed by atoms with van der Waals surface area (Å²) in [6.07, 6.45) is -2.44. The maximum atomic E-state index is 14.5. The van der Waals surface area contributed by atoms with E-state index in [9.17, 15) is 17.6 Å². The molecule has 2 N–H and O–H groups in total. The Hall–Kier alpha value is -2.09. The average molecular weight is 375 g/mol. The standard InChI is InChI=1S/C16H15ClF4N4/c17-8-14(22)23-9-5-6-13(11(18)7-9)25-12-4-2-1-3-10(12)15(24-25)16(19,20)21/h5-7H,1-4,8H2,(H2,22,23). The van der Waals surface area contributed by atoms with E-state index in [1.165, 1.54) is 12.1 Å². The van der Waals surface area contributed by atoms with E-state index in [-0.39, 0.29) is 28.7 Å². The summed E-state index contributed by atoms with van der Waals surface area (Å²) >= 11 is 5.52. The second kappa shape index (κ2) is 6.67. The van der Waals surface area contributed by atoms with Gasteiger partial charge in [-0.2, -0.15) is 18.3 Å². The molecule has 0 unspecified atom stereocenters. The van der Waals surface area contributed by atoms with Gasteiger partial charge >= 0.3 is 6.18 Å². The molecule has 9 heteroatoms. The number of fused-ring (bicyclic) bond motifs is 1. The maximum absolute atomic E-state index is 14.5. The summed E-state index contributed by atoms with van der Waals surface area (Å²) < 4.78 is 55.3. The lowest BCUT2D eigenvalue weighted by atomic mass is 9.95. The summed E-state index contributed by atoms with van der Waals surface area (Å²) in [5.41, 5.74) is 5.32. The first-order chi connectivity index (χ1) is 11.8. The van der Waals surface area contributed by atoms with Gasteiger partial charge in [0.15, 0.2) is 11.5 Å². The molecule has 3 rings (SSSR count). The van der Waals surface area contributed by atoms with Crippen molar-refractivity contribution in [1.29, 1.82) is 0 Å². The van der Waals surface area contributed by atoms with Crippen LogP contribution in [0.2, 0.25) is 0 Å². The average Bonchev–Trinajstić information content (AvgIpc) is 2.95. The molecule has 1 aliphatic rings. The third-order valence-electron chi connectivity index (χ3n) is 4.02. The minimum atomic E-state index is -4.57. The number of nitrogens with zero attached hydrogens (tertiary/aromatic N) is 3. The highest BCUT2D eigenvalue weighted by Crippen LogP contribution is 2.37. The lowest BCUT2D eigenvalue weighted by Gasteiger charge is -2.15. The molecule has 0 saturated heterocycles. The van der Waals surface area contributed by atoms with Crippen molar-refractivity contribution in [2.45, 2.75) is 31.9 Å². The molecule has 0 saturated carbocycles. The van der Waals surface area contributed by atoms with Crippen LogP contribution in [-0.2, 0) is 19.0 Å². The van der Waals surface area contributed by atoms with Crippen LogP contribution in [0.5, 0.6) is 0 Å². The van der Waals surface area contributed by atoms with Gasteiger partial charge in [-0.3, -0.25) is 0 Å². The highest BCUT2D eigenvalue weighted by Gasteiger charge is 2.39. The van der Waals surface area contributed by atoms with Gasteiger partial charge in [0.2, 0.25) is 0 Å². The number of hydrogen-bond acceptors (Lipinski definition) is 2. The molecule has 0 amide bonds. The molecule has 1 aliphatic carbocycles. The van der Waals surface area contributed by atoms with Gasteiger partial charge in [0.1, 0.15) is 11.5 Å². The Bertz CT molecular complexity index is 826. The molecular formula is C16H15ClF4N4. The summed E-state index contributed by atoms with van der Waals surface area (Å²) in [7, 11) is 0. The molecule has 0 atom stereocenters. The van der Waals surface area contributed by atoms with Crippen molar-refractivity contribution in [2.24, 2.45) is 10.7 Å². The number of rotatable bonds is 3. The second-order valence-electron chi connectivity index (χ2n) is 5.76. The molecule has 4 nitrogen and oxygen atoms in total. The number of hydrogen-bond donors (Lipinski definition) is 1. The third kappa shape index (κ3) is 3.49. The molecule has 2 aromatic rings. The largest absolute Gasteiger partial charge is 0.435 e. The molecule has 0 aliphatic heterocycles. The highest BCUT2D eigenvalue weighted by molar-refractivity contribution is 6.28. The van der Waals surface area contributed by atoms with Crippen molar-refractivity contribution in [2.75, 3.05) is 5.88 Å². The first-order valence-electron chi connectivity index (χ1n) is 7.68. The quantitative estimate of drug-likeness (QED) is 0.380. The van der Waals surface area contributed by atoms with Gasteiger partial charge in [0, 0.05) is 17.3 Å². The van der Waals surface area contributed by atoms with Crippen LogP contribution in [0.1, 0.15) is 29.8 Å². The van der Waals surface area contributed by atoms with Crippen LogP contribution >= 0.6 is 11.6 Å². The number of alkyl halides is 4. The Balaban J connectivity index is 2.09. The molecular weight excluding hydrogens is 360 g/mol. The van der Waals surface area contributed by atoms with E-state index in [2.05, 4.69) is 10.1 Å².